The van der Waals surface area contributed by atoms with Crippen molar-refractivity contribution in [3.63, 3.8) is 0 Å². The average molecular weight is 425 g/mol. The maximum atomic E-state index is 12.6. The summed E-state index contributed by atoms with van der Waals surface area (Å²) in [5.74, 6) is 1.09. The van der Waals surface area contributed by atoms with Gasteiger partial charge in [-0.1, -0.05) is 13.8 Å². The standard InChI is InChI=1S/C23H42N3O4/c1-14(2)9-19(25-21(28)30-22(4,5)6)18-11-16(18)12-20(27)24-17-10-15(3)26(29)23(7,8)13-17/h14-19H,9-13H2,1-8H3,(H,24,27)(H,25,28). The van der Waals surface area contributed by atoms with E-state index in [1.807, 2.05) is 41.5 Å². The smallest absolute Gasteiger partial charge is 0.407 e. The first-order valence-electron chi connectivity index (χ1n) is 11.4. The number of hydrogen-bond donors (Lipinski definition) is 2. The van der Waals surface area contributed by atoms with Gasteiger partial charge in [-0.05, 0) is 85.0 Å². The van der Waals surface area contributed by atoms with Crippen molar-refractivity contribution in [2.24, 2.45) is 17.8 Å². The molecule has 2 N–H and O–H groups in total. The zero-order valence-corrected chi connectivity index (χ0v) is 20.1. The Bertz CT molecular complexity index is 614. The Kier molecular flexibility index (Phi) is 7.83. The number of piperidine rings is 1. The summed E-state index contributed by atoms with van der Waals surface area (Å²) in [5, 5.41) is 19.6. The third kappa shape index (κ3) is 7.41. The minimum Gasteiger partial charge on any atom is -0.444 e. The molecule has 1 aliphatic carbocycles. The van der Waals surface area contributed by atoms with Crippen molar-refractivity contribution in [3.05, 3.63) is 0 Å². The zero-order chi connectivity index (χ0) is 22.9. The van der Waals surface area contributed by atoms with Crippen molar-refractivity contribution in [2.75, 3.05) is 0 Å². The topological polar surface area (TPSA) is 90.6 Å². The van der Waals surface area contributed by atoms with E-state index in [2.05, 4.69) is 24.5 Å². The lowest BCUT2D eigenvalue weighted by Crippen LogP contribution is -2.57. The lowest BCUT2D eigenvalue weighted by Gasteiger charge is -2.44. The highest BCUT2D eigenvalue weighted by molar-refractivity contribution is 5.77. The molecule has 0 aromatic heterocycles. The maximum absolute atomic E-state index is 12.6. The fraction of sp³-hybridized carbons (Fsp3) is 0.913. The normalized spacial score (nSPS) is 29.9. The number of hydrogen-bond acceptors (Lipinski definition) is 4. The van der Waals surface area contributed by atoms with Crippen molar-refractivity contribution >= 4 is 12.0 Å². The summed E-state index contributed by atoms with van der Waals surface area (Å²) < 4.78 is 5.42. The highest BCUT2D eigenvalue weighted by Crippen LogP contribution is 2.45. The largest absolute Gasteiger partial charge is 0.444 e. The van der Waals surface area contributed by atoms with E-state index in [4.69, 9.17) is 4.74 Å². The molecule has 7 heteroatoms. The molecule has 1 radical (unpaired) electrons. The number of nitrogens with one attached hydrogen (secondary N) is 2. The minimum atomic E-state index is -0.528. The van der Waals surface area contributed by atoms with E-state index in [1.54, 1.807) is 0 Å². The molecular formula is C23H42N3O4. The first kappa shape index (κ1) is 24.9. The van der Waals surface area contributed by atoms with Crippen LogP contribution in [0.2, 0.25) is 0 Å². The molecule has 5 atom stereocenters. The SMILES string of the molecule is CC(C)CC(NC(=O)OC(C)(C)C)C1CC1CC(=O)NC1CC(C)N([O])C(C)(C)C1. The van der Waals surface area contributed by atoms with E-state index in [0.717, 1.165) is 17.9 Å². The van der Waals surface area contributed by atoms with Crippen LogP contribution >= 0.6 is 0 Å². The summed E-state index contributed by atoms with van der Waals surface area (Å²) in [6.07, 6.45) is 3.25. The van der Waals surface area contributed by atoms with Gasteiger partial charge in [0.05, 0.1) is 0 Å². The first-order chi connectivity index (χ1) is 13.7. The molecule has 2 rings (SSSR count). The molecule has 0 aromatic carbocycles. The van der Waals surface area contributed by atoms with Gasteiger partial charge >= 0.3 is 6.09 Å². The number of rotatable bonds is 7. The highest BCUT2D eigenvalue weighted by Gasteiger charge is 2.45. The molecular weight excluding hydrogens is 382 g/mol. The Morgan fingerprint density at radius 2 is 1.83 bits per heavy atom. The van der Waals surface area contributed by atoms with Crippen LogP contribution in [-0.2, 0) is 14.7 Å². The Hall–Kier alpha value is -1.34. The molecule has 2 aliphatic rings. The molecule has 0 bridgehead atoms. The van der Waals surface area contributed by atoms with Crippen molar-refractivity contribution in [1.29, 1.82) is 0 Å². The Labute approximate surface area is 182 Å². The van der Waals surface area contributed by atoms with Crippen LogP contribution in [-0.4, -0.2) is 46.3 Å². The van der Waals surface area contributed by atoms with E-state index in [9.17, 15) is 14.8 Å². The van der Waals surface area contributed by atoms with Crippen LogP contribution in [0.3, 0.4) is 0 Å². The lowest BCUT2D eigenvalue weighted by molar-refractivity contribution is -0.258. The van der Waals surface area contributed by atoms with Gasteiger partial charge in [-0.2, -0.15) is 0 Å². The molecule has 1 saturated carbocycles. The predicted octanol–water partition coefficient (Wildman–Crippen LogP) is 4.05. The Balaban J connectivity index is 1.86. The second-order valence-corrected chi connectivity index (χ2v) is 11.4. The van der Waals surface area contributed by atoms with Crippen LogP contribution in [0, 0.1) is 17.8 Å². The van der Waals surface area contributed by atoms with E-state index in [0.29, 0.717) is 31.1 Å². The van der Waals surface area contributed by atoms with Gasteiger partial charge in [-0.3, -0.25) is 4.79 Å². The van der Waals surface area contributed by atoms with Crippen molar-refractivity contribution in [3.8, 4) is 0 Å². The molecule has 1 saturated heterocycles. The molecule has 7 nitrogen and oxygen atoms in total. The van der Waals surface area contributed by atoms with Crippen LogP contribution in [0.5, 0.6) is 0 Å². The van der Waals surface area contributed by atoms with E-state index < -0.39 is 11.1 Å². The molecule has 5 unspecified atom stereocenters. The maximum Gasteiger partial charge on any atom is 0.407 e. The Morgan fingerprint density at radius 3 is 2.37 bits per heavy atom. The van der Waals surface area contributed by atoms with Gasteiger partial charge in [0.1, 0.15) is 5.60 Å². The number of nitrogens with zero attached hydrogens (tertiary/aromatic N) is 1. The molecule has 1 heterocycles. The Morgan fingerprint density at radius 1 is 1.20 bits per heavy atom. The molecule has 1 aliphatic heterocycles. The third-order valence-corrected chi connectivity index (χ3v) is 6.10. The summed E-state index contributed by atoms with van der Waals surface area (Å²) in [6.45, 7) is 15.6. The molecule has 0 aromatic rings. The number of amides is 2. The van der Waals surface area contributed by atoms with Crippen LogP contribution in [0.4, 0.5) is 4.79 Å². The summed E-state index contributed by atoms with van der Waals surface area (Å²) in [6, 6.07) is -0.0299. The average Bonchev–Trinajstić information content (AvgIpc) is 3.28. The quantitative estimate of drug-likeness (QED) is 0.645. The second-order valence-electron chi connectivity index (χ2n) is 11.4. The number of carbonyl (C=O) groups is 2. The van der Waals surface area contributed by atoms with Crippen molar-refractivity contribution in [2.45, 2.75) is 117 Å². The number of carbonyl (C=O) groups excluding carboxylic acids is 2. The van der Waals surface area contributed by atoms with Crippen LogP contribution in [0.15, 0.2) is 0 Å². The second kappa shape index (κ2) is 9.43. The lowest BCUT2D eigenvalue weighted by atomic mass is 9.85. The zero-order valence-electron chi connectivity index (χ0n) is 20.1. The predicted molar refractivity (Wildman–Crippen MR) is 116 cm³/mol. The summed E-state index contributed by atoms with van der Waals surface area (Å²) in [4.78, 5) is 24.9. The van der Waals surface area contributed by atoms with Crippen molar-refractivity contribution in [1.82, 2.24) is 15.7 Å². The summed E-state index contributed by atoms with van der Waals surface area (Å²) >= 11 is 0. The monoisotopic (exact) mass is 424 g/mol. The van der Waals surface area contributed by atoms with Gasteiger partial charge in [0.2, 0.25) is 5.91 Å². The van der Waals surface area contributed by atoms with E-state index >= 15 is 0 Å². The van der Waals surface area contributed by atoms with E-state index in [-0.39, 0.29) is 36.0 Å². The third-order valence-electron chi connectivity index (χ3n) is 6.10. The van der Waals surface area contributed by atoms with Gasteiger partial charge in [-0.25, -0.2) is 4.79 Å². The van der Waals surface area contributed by atoms with Crippen LogP contribution in [0.1, 0.15) is 87.5 Å². The fourth-order valence-corrected chi connectivity index (χ4v) is 4.82. The number of ether oxygens (including phenoxy) is 1. The van der Waals surface area contributed by atoms with Gasteiger partial charge < -0.3 is 15.4 Å². The summed E-state index contributed by atoms with van der Waals surface area (Å²) in [5.41, 5.74) is -0.989. The highest BCUT2D eigenvalue weighted by atomic mass is 16.6. The van der Waals surface area contributed by atoms with Crippen LogP contribution < -0.4 is 10.6 Å². The molecule has 2 amide bonds. The fourth-order valence-electron chi connectivity index (χ4n) is 4.82. The van der Waals surface area contributed by atoms with Crippen LogP contribution in [0.25, 0.3) is 0 Å². The number of hydroxylamine groups is 2. The molecule has 2 fully saturated rings. The van der Waals surface area contributed by atoms with E-state index in [1.165, 1.54) is 0 Å². The van der Waals surface area contributed by atoms with Gasteiger partial charge in [0, 0.05) is 30.1 Å². The molecule has 0 spiro atoms. The first-order valence-corrected chi connectivity index (χ1v) is 11.4. The summed E-state index contributed by atoms with van der Waals surface area (Å²) in [7, 11) is 0. The minimum absolute atomic E-state index is 0.0281. The van der Waals surface area contributed by atoms with Gasteiger partial charge in [-0.15, -0.1) is 10.3 Å². The van der Waals surface area contributed by atoms with Gasteiger partial charge in [0.25, 0.3) is 0 Å². The molecule has 30 heavy (non-hydrogen) atoms. The molecule has 173 valence electrons. The van der Waals surface area contributed by atoms with Gasteiger partial charge in [0.15, 0.2) is 0 Å². The van der Waals surface area contributed by atoms with Crippen molar-refractivity contribution < 1.29 is 19.5 Å². The number of alkyl carbamates (subject to hydrolysis) is 1.